The Kier molecular flexibility index (Phi) is 3.23. The van der Waals surface area contributed by atoms with Crippen LogP contribution in [0.1, 0.15) is 11.7 Å². The molecular weight excluding hydrogens is 358 g/mol. The molecule has 0 saturated heterocycles. The van der Waals surface area contributed by atoms with E-state index in [1.165, 1.54) is 0 Å². The van der Waals surface area contributed by atoms with Gasteiger partial charge < -0.3 is 10.5 Å². The molecule has 7 heteroatoms. The van der Waals surface area contributed by atoms with E-state index in [9.17, 15) is 0 Å². The highest BCUT2D eigenvalue weighted by atomic mass is 79.9. The number of nitrogens with zero attached hydrogens (tertiary/aromatic N) is 3. The van der Waals surface area contributed by atoms with Gasteiger partial charge in [0.25, 0.3) is 0 Å². The van der Waals surface area contributed by atoms with Gasteiger partial charge >= 0.3 is 0 Å². The van der Waals surface area contributed by atoms with Gasteiger partial charge in [-0.1, -0.05) is 28.1 Å². The molecule has 0 unspecified atom stereocenters. The van der Waals surface area contributed by atoms with Crippen LogP contribution in [0.4, 0.5) is 5.95 Å². The van der Waals surface area contributed by atoms with Gasteiger partial charge in [-0.15, -0.1) is 0 Å². The number of aliphatic imine (C=N–C) groups is 1. The first kappa shape index (κ1) is 14.1. The summed E-state index contributed by atoms with van der Waals surface area (Å²) in [7, 11) is 1.65. The van der Waals surface area contributed by atoms with Crippen molar-refractivity contribution in [2.45, 2.75) is 6.17 Å². The first-order chi connectivity index (χ1) is 11.2. The van der Waals surface area contributed by atoms with E-state index in [0.29, 0.717) is 11.9 Å². The average Bonchev–Trinajstić information content (AvgIpc) is 2.92. The Morgan fingerprint density at radius 1 is 1.26 bits per heavy atom. The van der Waals surface area contributed by atoms with Gasteiger partial charge in [0.15, 0.2) is 12.1 Å². The van der Waals surface area contributed by atoms with Crippen molar-refractivity contribution in [1.29, 1.82) is 0 Å². The van der Waals surface area contributed by atoms with Crippen molar-refractivity contribution in [2.24, 2.45) is 10.7 Å². The number of para-hydroxylation sites is 2. The molecule has 0 saturated carbocycles. The fourth-order valence-corrected chi connectivity index (χ4v) is 3.21. The van der Waals surface area contributed by atoms with Crippen LogP contribution in [0.25, 0.3) is 11.0 Å². The molecule has 2 heterocycles. The second kappa shape index (κ2) is 5.27. The molecule has 3 aromatic rings. The zero-order valence-electron chi connectivity index (χ0n) is 12.3. The van der Waals surface area contributed by atoms with Gasteiger partial charge in [-0.25, -0.2) is 9.98 Å². The Morgan fingerprint density at radius 3 is 2.91 bits per heavy atom. The number of benzene rings is 2. The summed E-state index contributed by atoms with van der Waals surface area (Å²) < 4.78 is 8.48. The summed E-state index contributed by atoms with van der Waals surface area (Å²) in [6, 6.07) is 13.8. The molecule has 0 amide bonds. The maximum Gasteiger partial charge on any atom is 0.212 e. The number of aromatic nitrogens is 2. The second-order valence-electron chi connectivity index (χ2n) is 5.19. The number of imidazole rings is 1. The monoisotopic (exact) mass is 371 g/mol. The minimum absolute atomic E-state index is 0.333. The maximum absolute atomic E-state index is 5.96. The molecule has 2 aromatic carbocycles. The van der Waals surface area contributed by atoms with Crippen LogP contribution >= 0.6 is 15.9 Å². The number of halogens is 1. The fraction of sp³-hybridized carbons (Fsp3) is 0.125. The number of hydrogen-bond donors (Lipinski definition) is 2. The molecule has 1 aromatic heterocycles. The van der Waals surface area contributed by atoms with Gasteiger partial charge in [-0.05, 0) is 30.3 Å². The molecule has 4 rings (SSSR count). The third-order valence-electron chi connectivity index (χ3n) is 3.81. The van der Waals surface area contributed by atoms with E-state index in [1.54, 1.807) is 7.11 Å². The lowest BCUT2D eigenvalue weighted by Crippen LogP contribution is -2.31. The Labute approximate surface area is 141 Å². The highest BCUT2D eigenvalue weighted by Gasteiger charge is 2.27. The van der Waals surface area contributed by atoms with Crippen molar-refractivity contribution in [3.8, 4) is 5.75 Å². The molecule has 0 fully saturated rings. The van der Waals surface area contributed by atoms with E-state index in [0.717, 1.165) is 26.8 Å². The summed E-state index contributed by atoms with van der Waals surface area (Å²) >= 11 is 3.51. The maximum atomic E-state index is 5.96. The molecule has 0 bridgehead atoms. The number of hydrogen-bond acceptors (Lipinski definition) is 5. The Bertz CT molecular complexity index is 933. The van der Waals surface area contributed by atoms with Crippen LogP contribution in [0.2, 0.25) is 0 Å². The lowest BCUT2D eigenvalue weighted by Gasteiger charge is -2.25. The van der Waals surface area contributed by atoms with E-state index >= 15 is 0 Å². The normalized spacial score (nSPS) is 16.6. The number of ether oxygens (including phenoxy) is 1. The molecule has 1 atom stereocenters. The molecular formula is C16H14BrN5O. The third kappa shape index (κ3) is 2.24. The lowest BCUT2D eigenvalue weighted by atomic mass is 10.1. The summed E-state index contributed by atoms with van der Waals surface area (Å²) in [5, 5.41) is 3.03. The van der Waals surface area contributed by atoms with Gasteiger partial charge in [-0.3, -0.25) is 9.88 Å². The van der Waals surface area contributed by atoms with E-state index in [2.05, 4.69) is 31.2 Å². The van der Waals surface area contributed by atoms with Crippen LogP contribution in [-0.2, 0) is 0 Å². The Morgan fingerprint density at radius 2 is 2.09 bits per heavy atom. The van der Waals surface area contributed by atoms with E-state index in [1.807, 2.05) is 47.0 Å². The molecule has 116 valence electrons. The van der Waals surface area contributed by atoms with Crippen LogP contribution in [0.15, 0.2) is 51.9 Å². The van der Waals surface area contributed by atoms with Crippen molar-refractivity contribution in [2.75, 3.05) is 12.4 Å². The average molecular weight is 372 g/mol. The van der Waals surface area contributed by atoms with Gasteiger partial charge in [0.05, 0.1) is 18.1 Å². The van der Waals surface area contributed by atoms with E-state index in [-0.39, 0.29) is 6.17 Å². The quantitative estimate of drug-likeness (QED) is 0.725. The largest absolute Gasteiger partial charge is 0.496 e. The van der Waals surface area contributed by atoms with Gasteiger partial charge in [0.2, 0.25) is 5.95 Å². The third-order valence-corrected chi connectivity index (χ3v) is 4.30. The zero-order valence-corrected chi connectivity index (χ0v) is 13.9. The first-order valence-electron chi connectivity index (χ1n) is 7.08. The molecule has 1 aliphatic rings. The van der Waals surface area contributed by atoms with Crippen LogP contribution in [0, 0.1) is 0 Å². The van der Waals surface area contributed by atoms with Crippen LogP contribution in [-0.4, -0.2) is 22.6 Å². The summed E-state index contributed by atoms with van der Waals surface area (Å²) in [6.45, 7) is 0. The lowest BCUT2D eigenvalue weighted by molar-refractivity contribution is 0.402. The van der Waals surface area contributed by atoms with Crippen molar-refractivity contribution in [3.05, 3.63) is 52.5 Å². The number of fused-ring (bicyclic) bond motifs is 3. The summed E-state index contributed by atoms with van der Waals surface area (Å²) in [5.74, 6) is 1.76. The second-order valence-corrected chi connectivity index (χ2v) is 6.11. The number of nitrogens with one attached hydrogen (secondary N) is 1. The molecule has 3 N–H and O–H groups in total. The minimum atomic E-state index is -0.342. The predicted molar refractivity (Wildman–Crippen MR) is 93.8 cm³/mol. The van der Waals surface area contributed by atoms with Gasteiger partial charge in [-0.2, -0.15) is 0 Å². The fourth-order valence-electron chi connectivity index (χ4n) is 2.83. The van der Waals surface area contributed by atoms with E-state index < -0.39 is 0 Å². The Hall–Kier alpha value is -2.54. The van der Waals surface area contributed by atoms with Gasteiger partial charge in [0, 0.05) is 10.0 Å². The van der Waals surface area contributed by atoms with Crippen LogP contribution < -0.4 is 15.8 Å². The number of methoxy groups -OCH3 is 1. The number of rotatable bonds is 2. The smallest absolute Gasteiger partial charge is 0.212 e. The summed E-state index contributed by atoms with van der Waals surface area (Å²) in [6.07, 6.45) is -0.342. The highest BCUT2D eigenvalue weighted by molar-refractivity contribution is 9.10. The molecule has 1 aliphatic heterocycles. The molecule has 23 heavy (non-hydrogen) atoms. The Balaban J connectivity index is 1.99. The topological polar surface area (TPSA) is 77.5 Å². The minimum Gasteiger partial charge on any atom is -0.496 e. The molecule has 0 radical (unpaired) electrons. The van der Waals surface area contributed by atoms with Gasteiger partial charge in [0.1, 0.15) is 5.75 Å². The standard InChI is InChI=1S/C16H14BrN5O/c1-23-13-7-6-9(17)8-10(13)14-20-15(18)21-16-19-11-4-2-3-5-12(11)22(14)16/h2-8,14H,1H3,(H3,18,19,20,21)/t14-/m0/s1. The van der Waals surface area contributed by atoms with Crippen molar-refractivity contribution >= 4 is 38.9 Å². The van der Waals surface area contributed by atoms with Crippen LogP contribution in [0.5, 0.6) is 5.75 Å². The molecule has 0 aliphatic carbocycles. The number of guanidine groups is 1. The predicted octanol–water partition coefficient (Wildman–Crippen LogP) is 3.09. The van der Waals surface area contributed by atoms with Crippen molar-refractivity contribution in [3.63, 3.8) is 0 Å². The number of anilines is 1. The SMILES string of the molecule is COc1ccc(Br)cc1[C@H]1N=C(N)Nc2nc3ccccc3n21. The van der Waals surface area contributed by atoms with Crippen LogP contribution in [0.3, 0.4) is 0 Å². The highest BCUT2D eigenvalue weighted by Crippen LogP contribution is 2.37. The number of nitrogens with two attached hydrogens (primary N) is 1. The van der Waals surface area contributed by atoms with Crippen molar-refractivity contribution < 1.29 is 4.74 Å². The molecule has 6 nitrogen and oxygen atoms in total. The first-order valence-corrected chi connectivity index (χ1v) is 7.87. The van der Waals surface area contributed by atoms with E-state index in [4.69, 9.17) is 10.5 Å². The van der Waals surface area contributed by atoms with Crippen molar-refractivity contribution in [1.82, 2.24) is 9.55 Å². The zero-order chi connectivity index (χ0) is 16.0. The molecule has 0 spiro atoms. The summed E-state index contributed by atoms with van der Waals surface area (Å²) in [4.78, 5) is 9.17. The summed E-state index contributed by atoms with van der Waals surface area (Å²) in [5.41, 5.74) is 8.75.